The van der Waals surface area contributed by atoms with Gasteiger partial charge in [0.05, 0.1) is 11.3 Å². The number of hydrogen-bond donors (Lipinski definition) is 2. The Kier molecular flexibility index (Phi) is 2.71. The lowest BCUT2D eigenvalue weighted by Crippen LogP contribution is -2.18. The second kappa shape index (κ2) is 4.57. The highest BCUT2D eigenvalue weighted by Gasteiger charge is 2.29. The predicted octanol–water partition coefficient (Wildman–Crippen LogP) is 3.48. The summed E-state index contributed by atoms with van der Waals surface area (Å²) in [6.45, 7) is 0. The van der Waals surface area contributed by atoms with Crippen molar-refractivity contribution < 1.29 is 0 Å². The first kappa shape index (κ1) is 11.9. The Morgan fingerprint density at radius 3 is 2.75 bits per heavy atom. The van der Waals surface area contributed by atoms with Crippen LogP contribution in [0, 0.1) is 0 Å². The molecule has 6 heteroatoms. The van der Waals surface area contributed by atoms with Gasteiger partial charge in [-0.2, -0.15) is 0 Å². The minimum atomic E-state index is -0.0626. The smallest absolute Gasteiger partial charge is 0.270 e. The summed E-state index contributed by atoms with van der Waals surface area (Å²) in [5.41, 5.74) is 1.74. The van der Waals surface area contributed by atoms with Crippen LogP contribution in [0.5, 0.6) is 0 Å². The fourth-order valence-corrected chi connectivity index (χ4v) is 4.14. The normalized spacial score (nSPS) is 17.8. The molecule has 1 atom stereocenters. The van der Waals surface area contributed by atoms with Crippen molar-refractivity contribution in [2.45, 2.75) is 12.3 Å². The highest BCUT2D eigenvalue weighted by atomic mass is 32.1. The van der Waals surface area contributed by atoms with Crippen molar-refractivity contribution in [1.29, 1.82) is 0 Å². The molecule has 3 aromatic rings. The number of aliphatic imine (C=N–C) groups is 1. The second-order valence-electron chi connectivity index (χ2n) is 4.65. The van der Waals surface area contributed by atoms with E-state index in [4.69, 9.17) is 0 Å². The summed E-state index contributed by atoms with van der Waals surface area (Å²) in [7, 11) is 0. The van der Waals surface area contributed by atoms with Crippen LogP contribution in [-0.4, -0.2) is 15.9 Å². The molecule has 4 nitrogen and oxygen atoms in total. The monoisotopic (exact) mass is 301 g/mol. The maximum absolute atomic E-state index is 12.0. The van der Waals surface area contributed by atoms with E-state index in [1.165, 1.54) is 9.75 Å². The van der Waals surface area contributed by atoms with Crippen molar-refractivity contribution in [2.24, 2.45) is 4.99 Å². The van der Waals surface area contributed by atoms with E-state index in [9.17, 15) is 4.79 Å². The van der Waals surface area contributed by atoms with Gasteiger partial charge in [-0.3, -0.25) is 15.0 Å². The van der Waals surface area contributed by atoms with E-state index in [0.29, 0.717) is 5.82 Å². The molecule has 4 rings (SSSR count). The highest BCUT2D eigenvalue weighted by molar-refractivity contribution is 7.12. The maximum Gasteiger partial charge on any atom is 0.270 e. The van der Waals surface area contributed by atoms with Crippen LogP contribution in [0.2, 0.25) is 0 Å². The molecule has 0 radical (unpaired) electrons. The van der Waals surface area contributed by atoms with Gasteiger partial charge in [-0.25, -0.2) is 4.99 Å². The zero-order chi connectivity index (χ0) is 13.5. The highest BCUT2D eigenvalue weighted by Crippen LogP contribution is 2.39. The van der Waals surface area contributed by atoms with E-state index in [1.807, 2.05) is 22.9 Å². The van der Waals surface area contributed by atoms with Crippen LogP contribution in [0.1, 0.15) is 27.7 Å². The third-order valence-electron chi connectivity index (χ3n) is 3.48. The third-order valence-corrected chi connectivity index (χ3v) is 5.38. The van der Waals surface area contributed by atoms with E-state index in [1.54, 1.807) is 22.7 Å². The molecule has 1 aliphatic heterocycles. The van der Waals surface area contributed by atoms with Crippen molar-refractivity contribution in [3.63, 3.8) is 0 Å². The molecule has 0 saturated carbocycles. The van der Waals surface area contributed by atoms with Gasteiger partial charge in [0.15, 0.2) is 5.82 Å². The zero-order valence-corrected chi connectivity index (χ0v) is 12.1. The molecule has 0 aliphatic carbocycles. The first-order chi connectivity index (χ1) is 9.83. The number of nitrogens with zero attached hydrogens (tertiary/aromatic N) is 1. The van der Waals surface area contributed by atoms with Crippen molar-refractivity contribution in [3.8, 4) is 0 Å². The lowest BCUT2D eigenvalue weighted by molar-refractivity contribution is 0.853. The molecule has 0 bridgehead atoms. The molecule has 0 aromatic carbocycles. The predicted molar refractivity (Wildman–Crippen MR) is 82.7 cm³/mol. The third kappa shape index (κ3) is 1.80. The van der Waals surface area contributed by atoms with Gasteiger partial charge in [0.25, 0.3) is 5.56 Å². The number of aromatic nitrogens is 2. The Labute approximate surface area is 122 Å². The molecule has 2 N–H and O–H groups in total. The van der Waals surface area contributed by atoms with Crippen molar-refractivity contribution >= 4 is 34.2 Å². The van der Waals surface area contributed by atoms with Crippen LogP contribution in [-0.2, 0) is 0 Å². The van der Waals surface area contributed by atoms with E-state index in [2.05, 4.69) is 27.3 Å². The molecule has 20 heavy (non-hydrogen) atoms. The summed E-state index contributed by atoms with van der Waals surface area (Å²) in [6, 6.07) is 8.21. The fraction of sp³-hybridized carbons (Fsp3) is 0.143. The Morgan fingerprint density at radius 2 is 2.00 bits per heavy atom. The Morgan fingerprint density at radius 1 is 1.15 bits per heavy atom. The summed E-state index contributed by atoms with van der Waals surface area (Å²) in [4.78, 5) is 19.0. The Bertz CT molecular complexity index is 809. The topological polar surface area (TPSA) is 61.0 Å². The molecule has 0 fully saturated rings. The quantitative estimate of drug-likeness (QED) is 0.748. The number of rotatable bonds is 2. The SMILES string of the molecule is O=c1[nH][nH]c2c1C(c1cccs1)CC(c1cccs1)=N2. The summed E-state index contributed by atoms with van der Waals surface area (Å²) in [5, 5.41) is 9.65. The molecule has 1 unspecified atom stereocenters. The second-order valence-corrected chi connectivity index (χ2v) is 6.58. The molecule has 100 valence electrons. The standard InChI is InChI=1S/C14H11N3OS2/c18-14-12-8(10-3-1-5-19-10)7-9(11-4-2-6-20-11)15-13(12)16-17-14/h1-6,8H,7H2,(H2,16,17,18). The molecule has 1 aliphatic rings. The lowest BCUT2D eigenvalue weighted by Gasteiger charge is -2.19. The lowest BCUT2D eigenvalue weighted by atomic mass is 9.90. The number of nitrogens with one attached hydrogen (secondary N) is 2. The molecule has 0 spiro atoms. The minimum Gasteiger partial charge on any atom is -0.281 e. The molecule has 0 saturated heterocycles. The summed E-state index contributed by atoms with van der Waals surface area (Å²) in [6.07, 6.45) is 0.773. The number of aromatic amines is 2. The number of H-pyrrole nitrogens is 2. The van der Waals surface area contributed by atoms with Crippen LogP contribution >= 0.6 is 22.7 Å². The molecule has 4 heterocycles. The zero-order valence-electron chi connectivity index (χ0n) is 10.4. The van der Waals surface area contributed by atoms with Gasteiger partial charge in [-0.1, -0.05) is 12.1 Å². The van der Waals surface area contributed by atoms with Crippen LogP contribution in [0.25, 0.3) is 0 Å². The van der Waals surface area contributed by atoms with Gasteiger partial charge in [-0.05, 0) is 22.9 Å². The van der Waals surface area contributed by atoms with Gasteiger partial charge >= 0.3 is 0 Å². The van der Waals surface area contributed by atoms with Gasteiger partial charge in [0, 0.05) is 22.1 Å². The number of thiophene rings is 2. The van der Waals surface area contributed by atoms with E-state index in [0.717, 1.165) is 17.7 Å². The minimum absolute atomic E-state index is 0.0626. The van der Waals surface area contributed by atoms with E-state index < -0.39 is 0 Å². The largest absolute Gasteiger partial charge is 0.281 e. The Hall–Kier alpha value is -1.92. The van der Waals surface area contributed by atoms with Crippen LogP contribution < -0.4 is 5.56 Å². The van der Waals surface area contributed by atoms with Gasteiger partial charge < -0.3 is 0 Å². The van der Waals surface area contributed by atoms with Crippen molar-refractivity contribution in [1.82, 2.24) is 10.2 Å². The number of hydrogen-bond acceptors (Lipinski definition) is 4. The Balaban J connectivity index is 1.88. The summed E-state index contributed by atoms with van der Waals surface area (Å²) < 4.78 is 0. The van der Waals surface area contributed by atoms with Gasteiger partial charge in [0.2, 0.25) is 0 Å². The van der Waals surface area contributed by atoms with Crippen molar-refractivity contribution in [3.05, 3.63) is 60.7 Å². The van der Waals surface area contributed by atoms with E-state index in [-0.39, 0.29) is 11.5 Å². The molecule has 0 amide bonds. The summed E-state index contributed by atoms with van der Waals surface area (Å²) in [5.74, 6) is 0.762. The maximum atomic E-state index is 12.0. The fourth-order valence-electron chi connectivity index (χ4n) is 2.58. The van der Waals surface area contributed by atoms with E-state index >= 15 is 0 Å². The summed E-state index contributed by atoms with van der Waals surface area (Å²) >= 11 is 3.37. The average Bonchev–Trinajstić information content (AvgIpc) is 3.20. The first-order valence-corrected chi connectivity index (χ1v) is 8.04. The number of fused-ring (bicyclic) bond motifs is 1. The van der Waals surface area contributed by atoms with Crippen LogP contribution in [0.3, 0.4) is 0 Å². The van der Waals surface area contributed by atoms with Gasteiger partial charge in [-0.15, -0.1) is 22.7 Å². The first-order valence-electron chi connectivity index (χ1n) is 6.28. The molecular formula is C14H11N3OS2. The van der Waals surface area contributed by atoms with Crippen LogP contribution in [0.15, 0.2) is 44.8 Å². The van der Waals surface area contributed by atoms with Crippen LogP contribution in [0.4, 0.5) is 5.82 Å². The molecule has 3 aromatic heterocycles. The average molecular weight is 301 g/mol. The van der Waals surface area contributed by atoms with Gasteiger partial charge in [0.1, 0.15) is 0 Å². The molecular weight excluding hydrogens is 290 g/mol. The van der Waals surface area contributed by atoms with Crippen molar-refractivity contribution in [2.75, 3.05) is 0 Å².